The highest BCUT2D eigenvalue weighted by atomic mass is 16.6. The van der Waals surface area contributed by atoms with Crippen LogP contribution >= 0.6 is 0 Å². The lowest BCUT2D eigenvalue weighted by atomic mass is 10.4. The molecule has 0 aliphatic carbocycles. The number of aliphatic hydroxyl groups is 1. The van der Waals surface area contributed by atoms with Crippen molar-refractivity contribution in [3.05, 3.63) is 0 Å². The highest BCUT2D eigenvalue weighted by molar-refractivity contribution is 4.42. The molecule has 0 aromatic carbocycles. The molecule has 2 N–H and O–H groups in total. The Labute approximate surface area is 43.2 Å². The summed E-state index contributed by atoms with van der Waals surface area (Å²) < 4.78 is 0. The Morgan fingerprint density at radius 1 is 1.86 bits per heavy atom. The van der Waals surface area contributed by atoms with Gasteiger partial charge >= 0.3 is 0 Å². The van der Waals surface area contributed by atoms with E-state index in [0.29, 0.717) is 6.54 Å². The van der Waals surface area contributed by atoms with Crippen LogP contribution in [0.25, 0.3) is 0 Å². The maximum absolute atomic E-state index is 8.54. The number of hydrogen-bond donors (Lipinski definition) is 2. The molecule has 0 saturated heterocycles. The van der Waals surface area contributed by atoms with E-state index in [2.05, 4.69) is 10.3 Å². The van der Waals surface area contributed by atoms with Crippen molar-refractivity contribution in [3.63, 3.8) is 0 Å². The van der Waals surface area contributed by atoms with Crippen LogP contribution in [-0.4, -0.2) is 24.9 Å². The first-order chi connectivity index (χ1) is 3.27. The summed E-state index contributed by atoms with van der Waals surface area (Å²) in [5.74, 6) is 0. The normalized spacial score (nSPS) is 14.1. The molecule has 0 aliphatic rings. The Kier molecular flexibility index (Phi) is 3.98. The van der Waals surface area contributed by atoms with Gasteiger partial charge in [0.1, 0.15) is 0 Å². The van der Waals surface area contributed by atoms with Crippen molar-refractivity contribution in [1.29, 1.82) is 0 Å². The minimum Gasteiger partial charge on any atom is -0.392 e. The van der Waals surface area contributed by atoms with Crippen molar-refractivity contribution >= 4 is 0 Å². The molecule has 0 rings (SSSR count). The van der Waals surface area contributed by atoms with Gasteiger partial charge in [-0.3, -0.25) is 0 Å². The van der Waals surface area contributed by atoms with Crippen molar-refractivity contribution in [2.24, 2.45) is 0 Å². The van der Waals surface area contributed by atoms with Crippen molar-refractivity contribution in [2.75, 3.05) is 13.7 Å². The summed E-state index contributed by atoms with van der Waals surface area (Å²) >= 11 is 0. The first kappa shape index (κ1) is 6.88. The Hall–Kier alpha value is -0.120. The van der Waals surface area contributed by atoms with E-state index >= 15 is 0 Å². The van der Waals surface area contributed by atoms with E-state index in [0.717, 1.165) is 0 Å². The molecule has 3 nitrogen and oxygen atoms in total. The van der Waals surface area contributed by atoms with E-state index < -0.39 is 0 Å². The summed E-state index contributed by atoms with van der Waals surface area (Å²) in [6.07, 6.45) is -0.333. The fraction of sp³-hybridized carbons (Fsp3) is 1.00. The van der Waals surface area contributed by atoms with Gasteiger partial charge in [0.05, 0.1) is 13.2 Å². The lowest BCUT2D eigenvalue weighted by Crippen LogP contribution is -2.22. The van der Waals surface area contributed by atoms with Gasteiger partial charge < -0.3 is 9.94 Å². The third kappa shape index (κ3) is 5.88. The van der Waals surface area contributed by atoms with Crippen molar-refractivity contribution in [2.45, 2.75) is 13.0 Å². The molecule has 0 radical (unpaired) electrons. The number of hydrogen-bond acceptors (Lipinski definition) is 3. The lowest BCUT2D eigenvalue weighted by Gasteiger charge is -2.01. The van der Waals surface area contributed by atoms with E-state index in [1.807, 2.05) is 0 Å². The van der Waals surface area contributed by atoms with Gasteiger partial charge in [0.2, 0.25) is 0 Å². The van der Waals surface area contributed by atoms with Gasteiger partial charge in [-0.05, 0) is 6.92 Å². The first-order valence-electron chi connectivity index (χ1n) is 2.21. The molecule has 0 unspecified atom stereocenters. The quantitative estimate of drug-likeness (QED) is 0.476. The largest absolute Gasteiger partial charge is 0.392 e. The molecule has 0 aromatic rings. The van der Waals surface area contributed by atoms with Crippen LogP contribution in [0, 0.1) is 0 Å². The lowest BCUT2D eigenvalue weighted by molar-refractivity contribution is 0.0558. The van der Waals surface area contributed by atoms with Gasteiger partial charge in [-0.25, -0.2) is 5.48 Å². The van der Waals surface area contributed by atoms with Crippen LogP contribution < -0.4 is 5.48 Å². The fourth-order valence-corrected chi connectivity index (χ4v) is 0.204. The topological polar surface area (TPSA) is 41.5 Å². The van der Waals surface area contributed by atoms with Crippen LogP contribution in [0.1, 0.15) is 6.92 Å². The molecular formula is C4H11NO2. The van der Waals surface area contributed by atoms with Gasteiger partial charge in [0.15, 0.2) is 0 Å². The Bertz CT molecular complexity index is 38.7. The minimum atomic E-state index is -0.333. The van der Waals surface area contributed by atoms with Crippen LogP contribution in [0.15, 0.2) is 0 Å². The molecule has 44 valence electrons. The van der Waals surface area contributed by atoms with Gasteiger partial charge in [-0.15, -0.1) is 0 Å². The summed E-state index contributed by atoms with van der Waals surface area (Å²) in [4.78, 5) is 4.44. The molecule has 0 bridgehead atoms. The number of nitrogens with one attached hydrogen (secondary N) is 1. The second-order valence-electron chi connectivity index (χ2n) is 1.40. The van der Waals surface area contributed by atoms with Gasteiger partial charge in [0, 0.05) is 6.54 Å². The summed E-state index contributed by atoms with van der Waals surface area (Å²) in [6.45, 7) is 2.17. The summed E-state index contributed by atoms with van der Waals surface area (Å²) in [7, 11) is 1.52. The van der Waals surface area contributed by atoms with Crippen LogP contribution in [0.5, 0.6) is 0 Å². The maximum Gasteiger partial charge on any atom is 0.0659 e. The Morgan fingerprint density at radius 2 is 2.43 bits per heavy atom. The molecule has 1 atom stereocenters. The van der Waals surface area contributed by atoms with Crippen LogP contribution in [0.3, 0.4) is 0 Å². The monoisotopic (exact) mass is 105 g/mol. The average molecular weight is 105 g/mol. The SMILES string of the molecule is CONC[C@@H](C)O. The summed E-state index contributed by atoms with van der Waals surface area (Å²) in [6, 6.07) is 0. The Morgan fingerprint density at radius 3 is 2.57 bits per heavy atom. The standard InChI is InChI=1S/C4H11NO2/c1-4(6)3-5-7-2/h4-6H,3H2,1-2H3/t4-/m1/s1. The predicted molar refractivity (Wildman–Crippen MR) is 26.7 cm³/mol. The molecule has 0 heterocycles. The van der Waals surface area contributed by atoms with E-state index in [9.17, 15) is 0 Å². The fourth-order valence-electron chi connectivity index (χ4n) is 0.204. The predicted octanol–water partition coefficient (Wildman–Crippen LogP) is -0.482. The highest BCUT2D eigenvalue weighted by Crippen LogP contribution is 1.71. The van der Waals surface area contributed by atoms with Crippen molar-refractivity contribution in [3.8, 4) is 0 Å². The van der Waals surface area contributed by atoms with Crippen LogP contribution in [0.2, 0.25) is 0 Å². The highest BCUT2D eigenvalue weighted by Gasteiger charge is 1.89. The van der Waals surface area contributed by atoms with E-state index in [-0.39, 0.29) is 6.10 Å². The number of hydroxylamine groups is 1. The smallest absolute Gasteiger partial charge is 0.0659 e. The molecule has 0 aromatic heterocycles. The zero-order chi connectivity index (χ0) is 5.70. The zero-order valence-corrected chi connectivity index (χ0v) is 4.64. The van der Waals surface area contributed by atoms with Crippen LogP contribution in [0.4, 0.5) is 0 Å². The first-order valence-corrected chi connectivity index (χ1v) is 2.21. The molecule has 0 fully saturated rings. The molecule has 0 amide bonds. The van der Waals surface area contributed by atoms with E-state index in [4.69, 9.17) is 5.11 Å². The number of rotatable bonds is 3. The zero-order valence-electron chi connectivity index (χ0n) is 4.64. The summed E-state index contributed by atoms with van der Waals surface area (Å²) in [5, 5.41) is 8.54. The van der Waals surface area contributed by atoms with Crippen molar-refractivity contribution < 1.29 is 9.94 Å². The molecule has 0 saturated carbocycles. The molecule has 7 heavy (non-hydrogen) atoms. The average Bonchev–Trinajstić information content (AvgIpc) is 1.61. The summed E-state index contributed by atoms with van der Waals surface area (Å²) in [5.41, 5.74) is 2.50. The van der Waals surface area contributed by atoms with E-state index in [1.165, 1.54) is 7.11 Å². The maximum atomic E-state index is 8.54. The molecule has 0 aliphatic heterocycles. The number of aliphatic hydroxyl groups excluding tert-OH is 1. The van der Waals surface area contributed by atoms with Crippen molar-refractivity contribution in [1.82, 2.24) is 5.48 Å². The third-order valence-electron chi connectivity index (χ3n) is 0.523. The van der Waals surface area contributed by atoms with Gasteiger partial charge in [0.25, 0.3) is 0 Å². The minimum absolute atomic E-state index is 0.333. The molecule has 0 spiro atoms. The van der Waals surface area contributed by atoms with E-state index in [1.54, 1.807) is 6.92 Å². The third-order valence-corrected chi connectivity index (χ3v) is 0.523. The second-order valence-corrected chi connectivity index (χ2v) is 1.40. The van der Waals surface area contributed by atoms with Gasteiger partial charge in [-0.1, -0.05) is 0 Å². The Balaban J connectivity index is 2.68. The van der Waals surface area contributed by atoms with Gasteiger partial charge in [-0.2, -0.15) is 0 Å². The molecular weight excluding hydrogens is 94.0 g/mol. The second kappa shape index (κ2) is 4.05. The molecule has 3 heteroatoms. The van der Waals surface area contributed by atoms with Crippen LogP contribution in [-0.2, 0) is 4.84 Å².